The molecule has 0 aliphatic carbocycles. The summed E-state index contributed by atoms with van der Waals surface area (Å²) in [5.41, 5.74) is 1.69. The summed E-state index contributed by atoms with van der Waals surface area (Å²) in [5.74, 6) is 0.733. The van der Waals surface area contributed by atoms with Gasteiger partial charge in [0, 0.05) is 5.54 Å². The van der Waals surface area contributed by atoms with Gasteiger partial charge < -0.3 is 15.0 Å². The molecule has 0 saturated carbocycles. The van der Waals surface area contributed by atoms with Crippen molar-refractivity contribution in [3.8, 4) is 5.75 Å². The highest BCUT2D eigenvalue weighted by Gasteiger charge is 2.31. The van der Waals surface area contributed by atoms with Crippen LogP contribution in [0.5, 0.6) is 5.75 Å². The van der Waals surface area contributed by atoms with Crippen LogP contribution in [0.25, 0.3) is 0 Å². The van der Waals surface area contributed by atoms with E-state index in [1.807, 2.05) is 32.0 Å². The second-order valence-corrected chi connectivity index (χ2v) is 6.12. The molecule has 1 heterocycles. The summed E-state index contributed by atoms with van der Waals surface area (Å²) in [4.78, 5) is 14.0. The Morgan fingerprint density at radius 1 is 1.32 bits per heavy atom. The smallest absolute Gasteiger partial charge is 0.244 e. The molecule has 1 amide bonds. The number of hydrogen-bond acceptors (Lipinski definition) is 3. The van der Waals surface area contributed by atoms with Gasteiger partial charge in [-0.1, -0.05) is 6.07 Å². The minimum Gasteiger partial charge on any atom is -0.489 e. The number of ether oxygens (including phenoxy) is 1. The minimum atomic E-state index is -0.108. The maximum Gasteiger partial charge on any atom is 0.244 e. The largest absolute Gasteiger partial charge is 0.489 e. The standard InChI is InChI=1S/C15H22N2O2/c1-10(2)19-12-8-6-7-11-14(12)16-13(18)9-17(11)15(3,4)5/h6-8,10H,9H2,1-5H3,(H,16,18). The summed E-state index contributed by atoms with van der Waals surface area (Å²) in [5, 5.41) is 2.93. The van der Waals surface area contributed by atoms with E-state index in [9.17, 15) is 4.79 Å². The number of fused-ring (bicyclic) bond motifs is 1. The monoisotopic (exact) mass is 262 g/mol. The van der Waals surface area contributed by atoms with Gasteiger partial charge in [-0.25, -0.2) is 0 Å². The summed E-state index contributed by atoms with van der Waals surface area (Å²) < 4.78 is 5.78. The van der Waals surface area contributed by atoms with Crippen molar-refractivity contribution in [3.63, 3.8) is 0 Å². The molecule has 19 heavy (non-hydrogen) atoms. The van der Waals surface area contributed by atoms with Gasteiger partial charge in [-0.15, -0.1) is 0 Å². The van der Waals surface area contributed by atoms with Gasteiger partial charge in [-0.05, 0) is 46.8 Å². The fraction of sp³-hybridized carbons (Fsp3) is 0.533. The van der Waals surface area contributed by atoms with E-state index in [1.165, 1.54) is 0 Å². The zero-order chi connectivity index (χ0) is 14.2. The van der Waals surface area contributed by atoms with E-state index in [0.717, 1.165) is 17.1 Å². The maximum absolute atomic E-state index is 11.9. The Morgan fingerprint density at radius 3 is 2.58 bits per heavy atom. The number of anilines is 2. The van der Waals surface area contributed by atoms with Crippen molar-refractivity contribution in [3.05, 3.63) is 18.2 Å². The van der Waals surface area contributed by atoms with Crippen LogP contribution in [-0.4, -0.2) is 24.1 Å². The molecule has 4 nitrogen and oxygen atoms in total. The number of benzene rings is 1. The Balaban J connectivity index is 2.48. The van der Waals surface area contributed by atoms with Crippen molar-refractivity contribution in [2.24, 2.45) is 0 Å². The molecular formula is C15H22N2O2. The van der Waals surface area contributed by atoms with E-state index in [1.54, 1.807) is 0 Å². The summed E-state index contributed by atoms with van der Waals surface area (Å²) in [6, 6.07) is 5.88. The first-order valence-corrected chi connectivity index (χ1v) is 6.66. The van der Waals surface area contributed by atoms with Crippen LogP contribution in [0.1, 0.15) is 34.6 Å². The second kappa shape index (κ2) is 4.76. The topological polar surface area (TPSA) is 41.6 Å². The first-order chi connectivity index (χ1) is 8.79. The zero-order valence-electron chi connectivity index (χ0n) is 12.3. The second-order valence-electron chi connectivity index (χ2n) is 6.12. The average molecular weight is 262 g/mol. The number of carbonyl (C=O) groups excluding carboxylic acids is 1. The maximum atomic E-state index is 11.9. The lowest BCUT2D eigenvalue weighted by atomic mass is 10.0. The van der Waals surface area contributed by atoms with E-state index in [-0.39, 0.29) is 17.6 Å². The van der Waals surface area contributed by atoms with Crippen LogP contribution < -0.4 is 15.0 Å². The molecule has 0 unspecified atom stereocenters. The molecule has 104 valence electrons. The van der Waals surface area contributed by atoms with Gasteiger partial charge in [-0.3, -0.25) is 4.79 Å². The Morgan fingerprint density at radius 2 is 2.00 bits per heavy atom. The molecule has 1 aliphatic rings. The molecule has 1 aromatic rings. The van der Waals surface area contributed by atoms with Gasteiger partial charge in [0.1, 0.15) is 11.4 Å². The molecule has 1 aliphatic heterocycles. The third-order valence-corrected chi connectivity index (χ3v) is 3.03. The Hall–Kier alpha value is -1.71. The predicted molar refractivity (Wildman–Crippen MR) is 77.9 cm³/mol. The SMILES string of the molecule is CC(C)Oc1cccc2c1NC(=O)CN2C(C)(C)C. The number of para-hydroxylation sites is 1. The summed E-state index contributed by atoms with van der Waals surface area (Å²) >= 11 is 0. The Bertz CT molecular complexity index is 489. The van der Waals surface area contributed by atoms with Gasteiger partial charge in [-0.2, -0.15) is 0 Å². The number of rotatable bonds is 2. The fourth-order valence-electron chi connectivity index (χ4n) is 2.23. The molecule has 0 saturated heterocycles. The lowest BCUT2D eigenvalue weighted by Gasteiger charge is -2.41. The lowest BCUT2D eigenvalue weighted by molar-refractivity contribution is -0.115. The molecule has 1 aromatic carbocycles. The van der Waals surface area contributed by atoms with Gasteiger partial charge in [0.25, 0.3) is 0 Å². The molecule has 0 radical (unpaired) electrons. The van der Waals surface area contributed by atoms with Gasteiger partial charge >= 0.3 is 0 Å². The van der Waals surface area contributed by atoms with Gasteiger partial charge in [0.15, 0.2) is 0 Å². The summed E-state index contributed by atoms with van der Waals surface area (Å²) in [6.07, 6.45) is 0.0772. The Labute approximate surface area is 114 Å². The number of nitrogens with one attached hydrogen (secondary N) is 1. The highest BCUT2D eigenvalue weighted by Crippen LogP contribution is 2.40. The Kier molecular flexibility index (Phi) is 3.43. The van der Waals surface area contributed by atoms with Crippen molar-refractivity contribution < 1.29 is 9.53 Å². The lowest BCUT2D eigenvalue weighted by Crippen LogP contribution is -2.49. The van der Waals surface area contributed by atoms with Crippen molar-refractivity contribution in [1.82, 2.24) is 0 Å². The van der Waals surface area contributed by atoms with Crippen LogP contribution in [0.3, 0.4) is 0 Å². The molecule has 0 aromatic heterocycles. The molecule has 4 heteroatoms. The molecule has 0 bridgehead atoms. The quantitative estimate of drug-likeness (QED) is 0.890. The van der Waals surface area contributed by atoms with Crippen molar-refractivity contribution in [2.75, 3.05) is 16.8 Å². The van der Waals surface area contributed by atoms with Crippen molar-refractivity contribution in [2.45, 2.75) is 46.3 Å². The van der Waals surface area contributed by atoms with Crippen LogP contribution in [0.4, 0.5) is 11.4 Å². The number of carbonyl (C=O) groups is 1. The van der Waals surface area contributed by atoms with Crippen LogP contribution in [0.2, 0.25) is 0 Å². The van der Waals surface area contributed by atoms with E-state index in [4.69, 9.17) is 4.74 Å². The van der Waals surface area contributed by atoms with E-state index >= 15 is 0 Å². The molecule has 2 rings (SSSR count). The molecular weight excluding hydrogens is 240 g/mol. The van der Waals surface area contributed by atoms with E-state index < -0.39 is 0 Å². The van der Waals surface area contributed by atoms with Gasteiger partial charge in [0.2, 0.25) is 5.91 Å². The van der Waals surface area contributed by atoms with E-state index in [0.29, 0.717) is 6.54 Å². The first kappa shape index (κ1) is 13.7. The normalized spacial score (nSPS) is 15.3. The van der Waals surface area contributed by atoms with Crippen LogP contribution in [-0.2, 0) is 4.79 Å². The number of hydrogen-bond donors (Lipinski definition) is 1. The van der Waals surface area contributed by atoms with Gasteiger partial charge in [0.05, 0.1) is 18.3 Å². The third kappa shape index (κ3) is 2.83. The average Bonchev–Trinajstić information content (AvgIpc) is 2.27. The summed E-state index contributed by atoms with van der Waals surface area (Å²) in [6.45, 7) is 10.6. The number of amides is 1. The number of nitrogens with zero attached hydrogens (tertiary/aromatic N) is 1. The van der Waals surface area contributed by atoms with Crippen LogP contribution >= 0.6 is 0 Å². The van der Waals surface area contributed by atoms with Crippen LogP contribution in [0.15, 0.2) is 18.2 Å². The molecule has 1 N–H and O–H groups in total. The van der Waals surface area contributed by atoms with Crippen molar-refractivity contribution >= 4 is 17.3 Å². The first-order valence-electron chi connectivity index (χ1n) is 6.66. The molecule has 0 spiro atoms. The van der Waals surface area contributed by atoms with Crippen molar-refractivity contribution in [1.29, 1.82) is 0 Å². The molecule has 0 atom stereocenters. The predicted octanol–water partition coefficient (Wildman–Crippen LogP) is 3.03. The fourth-order valence-corrected chi connectivity index (χ4v) is 2.23. The molecule has 0 fully saturated rings. The highest BCUT2D eigenvalue weighted by atomic mass is 16.5. The van der Waals surface area contributed by atoms with Crippen LogP contribution in [0, 0.1) is 0 Å². The minimum absolute atomic E-state index is 0.00207. The zero-order valence-corrected chi connectivity index (χ0v) is 12.3. The highest BCUT2D eigenvalue weighted by molar-refractivity contribution is 6.03. The van der Waals surface area contributed by atoms with E-state index in [2.05, 4.69) is 31.0 Å². The summed E-state index contributed by atoms with van der Waals surface area (Å²) in [7, 11) is 0. The third-order valence-electron chi connectivity index (χ3n) is 3.03.